The minimum atomic E-state index is 0.258. The van der Waals surface area contributed by atoms with E-state index >= 15 is 0 Å². The lowest BCUT2D eigenvalue weighted by Gasteiger charge is -2.12. The van der Waals surface area contributed by atoms with E-state index in [0.717, 1.165) is 23.9 Å². The van der Waals surface area contributed by atoms with Gasteiger partial charge in [0.15, 0.2) is 5.58 Å². The Morgan fingerprint density at radius 3 is 3.06 bits per heavy atom. The number of nitrogens with one attached hydrogen (secondary N) is 2. The molecule has 0 saturated carbocycles. The van der Waals surface area contributed by atoms with E-state index in [1.807, 2.05) is 31.2 Å². The molecule has 1 unspecified atom stereocenters. The normalized spacial score (nSPS) is 12.2. The molecule has 1 aromatic carbocycles. The summed E-state index contributed by atoms with van der Waals surface area (Å²) in [6.07, 6.45) is 2.41. The summed E-state index contributed by atoms with van der Waals surface area (Å²) in [7, 11) is 0. The summed E-state index contributed by atoms with van der Waals surface area (Å²) < 4.78 is 5.51. The van der Waals surface area contributed by atoms with Gasteiger partial charge in [-0.25, -0.2) is 5.43 Å². The fourth-order valence-corrected chi connectivity index (χ4v) is 1.67. The van der Waals surface area contributed by atoms with Gasteiger partial charge in [0.05, 0.1) is 6.07 Å². The Morgan fingerprint density at radius 1 is 1.44 bits per heavy atom. The molecule has 1 aromatic heterocycles. The predicted molar refractivity (Wildman–Crippen MR) is 69.7 cm³/mol. The number of aromatic nitrogens is 1. The summed E-state index contributed by atoms with van der Waals surface area (Å²) in [6, 6.07) is 10.5. The third-order valence-electron chi connectivity index (χ3n) is 2.65. The van der Waals surface area contributed by atoms with Crippen molar-refractivity contribution in [1.29, 1.82) is 5.26 Å². The second kappa shape index (κ2) is 6.03. The summed E-state index contributed by atoms with van der Waals surface area (Å²) in [6.45, 7) is 2.05. The molecule has 2 rings (SSSR count). The van der Waals surface area contributed by atoms with Gasteiger partial charge in [-0.15, -0.1) is 0 Å². The highest BCUT2D eigenvalue weighted by atomic mass is 16.4. The van der Waals surface area contributed by atoms with Crippen LogP contribution in [0.5, 0.6) is 0 Å². The van der Waals surface area contributed by atoms with Crippen molar-refractivity contribution < 1.29 is 4.42 Å². The van der Waals surface area contributed by atoms with E-state index in [4.69, 9.17) is 9.68 Å². The van der Waals surface area contributed by atoms with E-state index in [-0.39, 0.29) is 6.04 Å². The minimum Gasteiger partial charge on any atom is -0.423 e. The van der Waals surface area contributed by atoms with Crippen LogP contribution in [-0.2, 0) is 0 Å². The number of hydrogen-bond donors (Lipinski definition) is 2. The van der Waals surface area contributed by atoms with Gasteiger partial charge < -0.3 is 4.42 Å². The lowest BCUT2D eigenvalue weighted by molar-refractivity contribution is 0.518. The highest BCUT2D eigenvalue weighted by Crippen LogP contribution is 2.17. The van der Waals surface area contributed by atoms with Crippen molar-refractivity contribution in [3.63, 3.8) is 0 Å². The number of nitrogens with zero attached hydrogens (tertiary/aromatic N) is 2. The zero-order valence-electron chi connectivity index (χ0n) is 10.3. The third-order valence-corrected chi connectivity index (χ3v) is 2.65. The number of unbranched alkanes of at least 4 members (excludes halogenated alkanes) is 1. The average Bonchev–Trinajstić information content (AvgIpc) is 2.79. The Morgan fingerprint density at radius 2 is 2.28 bits per heavy atom. The highest BCUT2D eigenvalue weighted by molar-refractivity contribution is 5.73. The monoisotopic (exact) mass is 244 g/mol. The summed E-state index contributed by atoms with van der Waals surface area (Å²) in [4.78, 5) is 4.29. The SMILES string of the molecule is CC(CCCC#N)NNc1nc2ccccc2o1. The number of benzene rings is 1. The first-order chi connectivity index (χ1) is 8.79. The fraction of sp³-hybridized carbons (Fsp3) is 0.385. The summed E-state index contributed by atoms with van der Waals surface area (Å²) in [5.41, 5.74) is 7.65. The molecule has 1 atom stereocenters. The molecule has 1 heterocycles. The number of rotatable bonds is 6. The van der Waals surface area contributed by atoms with Gasteiger partial charge in [-0.05, 0) is 31.9 Å². The van der Waals surface area contributed by atoms with Gasteiger partial charge in [0, 0.05) is 12.5 Å². The molecule has 5 heteroatoms. The first-order valence-corrected chi connectivity index (χ1v) is 6.03. The maximum absolute atomic E-state index is 8.46. The number of anilines is 1. The maximum Gasteiger partial charge on any atom is 0.310 e. The molecule has 0 radical (unpaired) electrons. The molecule has 0 fully saturated rings. The van der Waals surface area contributed by atoms with Crippen molar-refractivity contribution in [1.82, 2.24) is 10.4 Å². The molecule has 94 valence electrons. The van der Waals surface area contributed by atoms with Crippen LogP contribution in [0.3, 0.4) is 0 Å². The zero-order valence-corrected chi connectivity index (χ0v) is 10.3. The van der Waals surface area contributed by atoms with Gasteiger partial charge in [0.25, 0.3) is 0 Å². The fourth-order valence-electron chi connectivity index (χ4n) is 1.67. The molecule has 5 nitrogen and oxygen atoms in total. The van der Waals surface area contributed by atoms with Gasteiger partial charge in [-0.2, -0.15) is 10.2 Å². The standard InChI is InChI=1S/C13H16N4O/c1-10(6-4-5-9-14)16-17-13-15-11-7-2-3-8-12(11)18-13/h2-3,7-8,10,16H,4-6H2,1H3,(H,15,17). The van der Waals surface area contributed by atoms with Crippen LogP contribution in [0.2, 0.25) is 0 Å². The number of fused-ring (bicyclic) bond motifs is 1. The molecule has 0 aliphatic heterocycles. The second-order valence-electron chi connectivity index (χ2n) is 4.21. The average molecular weight is 244 g/mol. The molecular formula is C13H16N4O. The van der Waals surface area contributed by atoms with Crippen molar-refractivity contribution in [3.05, 3.63) is 24.3 Å². The molecule has 18 heavy (non-hydrogen) atoms. The van der Waals surface area contributed by atoms with Gasteiger partial charge in [-0.1, -0.05) is 12.1 Å². The van der Waals surface area contributed by atoms with E-state index in [9.17, 15) is 0 Å². The van der Waals surface area contributed by atoms with Crippen LogP contribution in [0, 0.1) is 11.3 Å². The molecule has 0 saturated heterocycles. The number of para-hydroxylation sites is 2. The molecule has 0 bridgehead atoms. The Balaban J connectivity index is 1.84. The van der Waals surface area contributed by atoms with E-state index < -0.39 is 0 Å². The smallest absolute Gasteiger partial charge is 0.310 e. The largest absolute Gasteiger partial charge is 0.423 e. The van der Waals surface area contributed by atoms with Crippen LogP contribution in [0.1, 0.15) is 26.2 Å². The van der Waals surface area contributed by atoms with Crippen LogP contribution in [0.4, 0.5) is 6.01 Å². The van der Waals surface area contributed by atoms with Gasteiger partial charge in [0.1, 0.15) is 5.52 Å². The zero-order chi connectivity index (χ0) is 12.8. The predicted octanol–water partition coefficient (Wildman–Crippen LogP) is 2.83. The Hall–Kier alpha value is -2.06. The van der Waals surface area contributed by atoms with Crippen molar-refractivity contribution in [2.45, 2.75) is 32.2 Å². The van der Waals surface area contributed by atoms with Crippen molar-refractivity contribution in [2.24, 2.45) is 0 Å². The number of oxazole rings is 1. The Labute approximate surface area is 106 Å². The van der Waals surface area contributed by atoms with Crippen LogP contribution in [0.15, 0.2) is 28.7 Å². The highest BCUT2D eigenvalue weighted by Gasteiger charge is 2.05. The van der Waals surface area contributed by atoms with Crippen LogP contribution < -0.4 is 10.9 Å². The van der Waals surface area contributed by atoms with E-state index in [1.54, 1.807) is 0 Å². The number of hydrogen-bond acceptors (Lipinski definition) is 5. The number of nitriles is 1. The summed E-state index contributed by atoms with van der Waals surface area (Å²) in [5.74, 6) is 0. The first kappa shape index (κ1) is 12.4. The van der Waals surface area contributed by atoms with Gasteiger partial charge >= 0.3 is 6.01 Å². The topological polar surface area (TPSA) is 73.9 Å². The second-order valence-corrected chi connectivity index (χ2v) is 4.21. The van der Waals surface area contributed by atoms with E-state index in [1.165, 1.54) is 0 Å². The van der Waals surface area contributed by atoms with Crippen molar-refractivity contribution in [3.8, 4) is 6.07 Å². The molecule has 2 N–H and O–H groups in total. The molecule has 0 spiro atoms. The lowest BCUT2D eigenvalue weighted by atomic mass is 10.1. The minimum absolute atomic E-state index is 0.258. The van der Waals surface area contributed by atoms with Crippen LogP contribution in [0.25, 0.3) is 11.1 Å². The third kappa shape index (κ3) is 3.22. The quantitative estimate of drug-likeness (QED) is 0.603. The summed E-state index contributed by atoms with van der Waals surface area (Å²) in [5, 5.41) is 8.46. The van der Waals surface area contributed by atoms with Crippen molar-refractivity contribution >= 4 is 17.1 Å². The molecule has 0 amide bonds. The Bertz CT molecular complexity index is 510. The maximum atomic E-state index is 8.46. The molecule has 2 aromatic rings. The van der Waals surface area contributed by atoms with E-state index in [0.29, 0.717) is 12.4 Å². The Kier molecular flexibility index (Phi) is 4.15. The van der Waals surface area contributed by atoms with E-state index in [2.05, 4.69) is 21.9 Å². The molecule has 0 aliphatic carbocycles. The van der Waals surface area contributed by atoms with Gasteiger partial charge in [-0.3, -0.25) is 5.43 Å². The molecular weight excluding hydrogens is 228 g/mol. The van der Waals surface area contributed by atoms with Gasteiger partial charge in [0.2, 0.25) is 0 Å². The van der Waals surface area contributed by atoms with Crippen LogP contribution in [-0.4, -0.2) is 11.0 Å². The number of hydrazine groups is 1. The first-order valence-electron chi connectivity index (χ1n) is 6.03. The van der Waals surface area contributed by atoms with Crippen LogP contribution >= 0.6 is 0 Å². The lowest BCUT2D eigenvalue weighted by Crippen LogP contribution is -2.31. The van der Waals surface area contributed by atoms with Crippen molar-refractivity contribution in [2.75, 3.05) is 5.43 Å². The molecule has 0 aliphatic rings. The summed E-state index contributed by atoms with van der Waals surface area (Å²) >= 11 is 0.